The van der Waals surface area contributed by atoms with Crippen molar-refractivity contribution in [2.75, 3.05) is 6.79 Å². The summed E-state index contributed by atoms with van der Waals surface area (Å²) < 4.78 is 46.9. The number of nitrogens with zero attached hydrogens (tertiary/aromatic N) is 1. The number of esters is 1. The molecule has 2 aromatic carbocycles. The van der Waals surface area contributed by atoms with Gasteiger partial charge < -0.3 is 18.7 Å². The molecule has 1 aromatic heterocycles. The van der Waals surface area contributed by atoms with Gasteiger partial charge in [0.1, 0.15) is 12.3 Å². The second-order valence-corrected chi connectivity index (χ2v) is 5.46. The van der Waals surface area contributed by atoms with Crippen LogP contribution in [0, 0.1) is 11.6 Å². The van der Waals surface area contributed by atoms with Gasteiger partial charge in [0.15, 0.2) is 28.9 Å². The van der Waals surface area contributed by atoms with E-state index in [1.165, 1.54) is 0 Å². The minimum absolute atomic E-state index is 0.0941. The molecule has 0 fully saturated rings. The third-order valence-electron chi connectivity index (χ3n) is 3.72. The van der Waals surface area contributed by atoms with Crippen molar-refractivity contribution < 1.29 is 32.3 Å². The van der Waals surface area contributed by atoms with Gasteiger partial charge in [-0.25, -0.2) is 13.6 Å². The largest absolute Gasteiger partial charge is 0.455 e. The zero-order chi connectivity index (χ0) is 18.1. The van der Waals surface area contributed by atoms with Gasteiger partial charge in [0.05, 0.1) is 5.56 Å². The van der Waals surface area contributed by atoms with Crippen LogP contribution in [0.2, 0.25) is 0 Å². The standard InChI is InChI=1S/C18H11F2NO5/c19-13-3-1-11(5-14(13)20)18(22)23-8-12-7-16(26-21-12)10-2-4-15-17(6-10)25-9-24-15/h1-7H,8-9H2. The molecule has 2 heterocycles. The first-order valence-corrected chi connectivity index (χ1v) is 7.58. The van der Waals surface area contributed by atoms with E-state index in [4.69, 9.17) is 18.7 Å². The first-order valence-electron chi connectivity index (χ1n) is 7.58. The lowest BCUT2D eigenvalue weighted by atomic mass is 10.1. The number of benzene rings is 2. The van der Waals surface area contributed by atoms with E-state index in [9.17, 15) is 13.6 Å². The van der Waals surface area contributed by atoms with Crippen molar-refractivity contribution >= 4 is 5.97 Å². The third-order valence-corrected chi connectivity index (χ3v) is 3.72. The number of ether oxygens (including phenoxy) is 3. The number of fused-ring (bicyclic) bond motifs is 1. The van der Waals surface area contributed by atoms with Crippen LogP contribution in [-0.4, -0.2) is 17.9 Å². The Morgan fingerprint density at radius 1 is 1.04 bits per heavy atom. The number of hydrogen-bond donors (Lipinski definition) is 0. The van der Waals surface area contributed by atoms with E-state index in [0.29, 0.717) is 23.0 Å². The molecule has 6 nitrogen and oxygen atoms in total. The SMILES string of the molecule is O=C(OCc1cc(-c2ccc3c(c2)OCO3)on1)c1ccc(F)c(F)c1. The molecule has 1 aliphatic heterocycles. The molecular formula is C18H11F2NO5. The van der Waals surface area contributed by atoms with Crippen molar-refractivity contribution in [1.82, 2.24) is 5.16 Å². The zero-order valence-corrected chi connectivity index (χ0v) is 13.2. The predicted molar refractivity (Wildman–Crippen MR) is 83.5 cm³/mol. The van der Waals surface area contributed by atoms with E-state index in [0.717, 1.165) is 23.8 Å². The van der Waals surface area contributed by atoms with Crippen LogP contribution in [-0.2, 0) is 11.3 Å². The van der Waals surface area contributed by atoms with E-state index < -0.39 is 17.6 Å². The molecule has 132 valence electrons. The molecule has 0 saturated carbocycles. The summed E-state index contributed by atoms with van der Waals surface area (Å²) in [6.07, 6.45) is 0. The maximum absolute atomic E-state index is 13.2. The summed E-state index contributed by atoms with van der Waals surface area (Å²) >= 11 is 0. The number of aromatic nitrogens is 1. The van der Waals surface area contributed by atoms with E-state index >= 15 is 0 Å². The van der Waals surface area contributed by atoms with E-state index in [2.05, 4.69) is 5.16 Å². The lowest BCUT2D eigenvalue weighted by Gasteiger charge is -2.02. The van der Waals surface area contributed by atoms with Crippen LogP contribution in [0.15, 0.2) is 47.0 Å². The van der Waals surface area contributed by atoms with Gasteiger partial charge in [-0.15, -0.1) is 0 Å². The highest BCUT2D eigenvalue weighted by Gasteiger charge is 2.17. The third kappa shape index (κ3) is 3.08. The second kappa shape index (κ2) is 6.47. The van der Waals surface area contributed by atoms with Gasteiger partial charge in [0.25, 0.3) is 0 Å². The van der Waals surface area contributed by atoms with E-state index in [1.807, 2.05) is 0 Å². The molecule has 0 amide bonds. The number of carbonyl (C=O) groups excluding carboxylic acids is 1. The minimum Gasteiger partial charge on any atom is -0.455 e. The summed E-state index contributed by atoms with van der Waals surface area (Å²) in [5.41, 5.74) is 0.997. The molecule has 0 N–H and O–H groups in total. The van der Waals surface area contributed by atoms with Crippen LogP contribution in [0.1, 0.15) is 16.1 Å². The molecule has 8 heteroatoms. The number of rotatable bonds is 4. The summed E-state index contributed by atoms with van der Waals surface area (Å²) in [6, 6.07) is 9.67. The first kappa shape index (κ1) is 16.1. The molecule has 4 rings (SSSR count). The van der Waals surface area contributed by atoms with Crippen molar-refractivity contribution in [3.05, 3.63) is 65.4 Å². The highest BCUT2D eigenvalue weighted by molar-refractivity contribution is 5.89. The van der Waals surface area contributed by atoms with Crippen molar-refractivity contribution in [2.24, 2.45) is 0 Å². The first-order chi connectivity index (χ1) is 12.6. The Labute approximate surface area is 145 Å². The van der Waals surface area contributed by atoms with Gasteiger partial charge in [-0.1, -0.05) is 5.16 Å². The fourth-order valence-corrected chi connectivity index (χ4v) is 2.41. The average molecular weight is 359 g/mol. The molecule has 26 heavy (non-hydrogen) atoms. The Morgan fingerprint density at radius 3 is 2.73 bits per heavy atom. The average Bonchev–Trinajstić information content (AvgIpc) is 3.30. The Morgan fingerprint density at radius 2 is 1.88 bits per heavy atom. The Kier molecular flexibility index (Phi) is 4.00. The van der Waals surface area contributed by atoms with Crippen LogP contribution in [0.4, 0.5) is 8.78 Å². The Balaban J connectivity index is 1.43. The minimum atomic E-state index is -1.12. The second-order valence-electron chi connectivity index (χ2n) is 5.46. The number of halogens is 2. The quantitative estimate of drug-likeness (QED) is 0.662. The highest BCUT2D eigenvalue weighted by atomic mass is 19.2. The molecule has 3 aromatic rings. The van der Waals surface area contributed by atoms with Crippen molar-refractivity contribution in [3.8, 4) is 22.8 Å². The normalized spacial score (nSPS) is 12.2. The smallest absolute Gasteiger partial charge is 0.338 e. The molecule has 1 aliphatic rings. The van der Waals surface area contributed by atoms with Crippen molar-refractivity contribution in [2.45, 2.75) is 6.61 Å². The number of carbonyl (C=O) groups is 1. The summed E-state index contributed by atoms with van der Waals surface area (Å²) in [5.74, 6) is -1.24. The summed E-state index contributed by atoms with van der Waals surface area (Å²) in [4.78, 5) is 11.9. The summed E-state index contributed by atoms with van der Waals surface area (Å²) in [6.45, 7) is -0.00769. The van der Waals surface area contributed by atoms with Gasteiger partial charge in [0.2, 0.25) is 6.79 Å². The van der Waals surface area contributed by atoms with Crippen molar-refractivity contribution in [1.29, 1.82) is 0 Å². The van der Waals surface area contributed by atoms with Crippen LogP contribution in [0.25, 0.3) is 11.3 Å². The van der Waals surface area contributed by atoms with Crippen molar-refractivity contribution in [3.63, 3.8) is 0 Å². The molecule has 0 atom stereocenters. The van der Waals surface area contributed by atoms with Gasteiger partial charge in [-0.2, -0.15) is 0 Å². The van der Waals surface area contributed by atoms with Gasteiger partial charge in [-0.3, -0.25) is 0 Å². The summed E-state index contributed by atoms with van der Waals surface area (Å²) in [5, 5.41) is 3.83. The molecule has 0 spiro atoms. The predicted octanol–water partition coefficient (Wildman–Crippen LogP) is 3.71. The molecule has 0 bridgehead atoms. The maximum atomic E-state index is 13.2. The Hall–Kier alpha value is -3.42. The molecule has 0 saturated heterocycles. The van der Waals surface area contributed by atoms with Crippen LogP contribution in [0.5, 0.6) is 11.5 Å². The maximum Gasteiger partial charge on any atom is 0.338 e. The lowest BCUT2D eigenvalue weighted by molar-refractivity contribution is 0.0463. The zero-order valence-electron chi connectivity index (χ0n) is 13.2. The van der Waals surface area contributed by atoms with E-state index in [-0.39, 0.29) is 19.0 Å². The molecule has 0 unspecified atom stereocenters. The molecule has 0 aliphatic carbocycles. The van der Waals surface area contributed by atoms with E-state index in [1.54, 1.807) is 24.3 Å². The highest BCUT2D eigenvalue weighted by Crippen LogP contribution is 2.36. The van der Waals surface area contributed by atoms with Crippen LogP contribution in [0.3, 0.4) is 0 Å². The van der Waals surface area contributed by atoms with Gasteiger partial charge >= 0.3 is 5.97 Å². The fraction of sp³-hybridized carbons (Fsp3) is 0.111. The van der Waals surface area contributed by atoms with Crippen LogP contribution >= 0.6 is 0 Å². The molecule has 0 radical (unpaired) electrons. The lowest BCUT2D eigenvalue weighted by Crippen LogP contribution is -2.06. The van der Waals surface area contributed by atoms with Crippen LogP contribution < -0.4 is 9.47 Å². The number of hydrogen-bond acceptors (Lipinski definition) is 6. The summed E-state index contributed by atoms with van der Waals surface area (Å²) in [7, 11) is 0. The molecular weight excluding hydrogens is 348 g/mol. The fourth-order valence-electron chi connectivity index (χ4n) is 2.41. The topological polar surface area (TPSA) is 70.8 Å². The van der Waals surface area contributed by atoms with Gasteiger partial charge in [0, 0.05) is 11.6 Å². The Bertz CT molecular complexity index is 985. The van der Waals surface area contributed by atoms with Gasteiger partial charge in [-0.05, 0) is 36.4 Å². The monoisotopic (exact) mass is 359 g/mol.